The largest absolute Gasteiger partial charge is 0.362 e. The van der Waals surface area contributed by atoms with Crippen molar-refractivity contribution in [1.82, 2.24) is 4.90 Å². The molecule has 0 radical (unpaired) electrons. The zero-order valence-electron chi connectivity index (χ0n) is 11.2. The molecule has 96 valence electrons. The minimum atomic E-state index is 0.271. The van der Waals surface area contributed by atoms with E-state index in [1.807, 2.05) is 79.7 Å². The number of nitrogens with one attached hydrogen (secondary N) is 1. The quantitative estimate of drug-likeness (QED) is 0.646. The van der Waals surface area contributed by atoms with Gasteiger partial charge in [-0.2, -0.15) is 0 Å². The summed E-state index contributed by atoms with van der Waals surface area (Å²) in [6, 6.07) is 19.5. The van der Waals surface area contributed by atoms with E-state index in [1.165, 1.54) is 0 Å². The Morgan fingerprint density at radius 3 is 1.79 bits per heavy atom. The third-order valence-electron chi connectivity index (χ3n) is 2.72. The molecule has 19 heavy (non-hydrogen) atoms. The Balaban J connectivity index is 2.35. The van der Waals surface area contributed by atoms with Crippen molar-refractivity contribution in [3.8, 4) is 0 Å². The fraction of sp³-hybridized carbons (Fsp3) is 0.125. The lowest BCUT2D eigenvalue weighted by Crippen LogP contribution is -2.24. The summed E-state index contributed by atoms with van der Waals surface area (Å²) in [6.45, 7) is 0. The molecule has 0 aliphatic carbocycles. The summed E-state index contributed by atoms with van der Waals surface area (Å²) in [4.78, 5) is 6.37. The fourth-order valence-corrected chi connectivity index (χ4v) is 1.78. The highest BCUT2D eigenvalue weighted by Gasteiger charge is 2.07. The molecular weight excluding hydrogens is 234 g/mol. The van der Waals surface area contributed by atoms with E-state index in [-0.39, 0.29) is 5.84 Å². The topological polar surface area (TPSA) is 39.5 Å². The van der Waals surface area contributed by atoms with Gasteiger partial charge in [0.25, 0.3) is 0 Å². The lowest BCUT2D eigenvalue weighted by Gasteiger charge is -2.16. The van der Waals surface area contributed by atoms with Gasteiger partial charge < -0.3 is 4.90 Å². The molecule has 0 aromatic heterocycles. The summed E-state index contributed by atoms with van der Waals surface area (Å²) in [5.74, 6) is 1.06. The van der Waals surface area contributed by atoms with Crippen molar-refractivity contribution in [2.24, 2.45) is 4.99 Å². The van der Waals surface area contributed by atoms with E-state index in [0.29, 0.717) is 0 Å². The second-order valence-corrected chi connectivity index (χ2v) is 4.41. The molecule has 0 unspecified atom stereocenters. The van der Waals surface area contributed by atoms with Crippen LogP contribution in [0.2, 0.25) is 0 Å². The molecule has 2 rings (SSSR count). The summed E-state index contributed by atoms with van der Waals surface area (Å²) in [5, 5.41) is 8.09. The molecule has 0 amide bonds. The average molecular weight is 251 g/mol. The number of hydrogen-bond donors (Lipinski definition) is 1. The van der Waals surface area contributed by atoms with Crippen molar-refractivity contribution in [3.63, 3.8) is 0 Å². The van der Waals surface area contributed by atoms with Gasteiger partial charge >= 0.3 is 0 Å². The van der Waals surface area contributed by atoms with E-state index in [2.05, 4.69) is 4.99 Å². The van der Waals surface area contributed by atoms with Gasteiger partial charge in [0.1, 0.15) is 5.84 Å². The Morgan fingerprint density at radius 2 is 1.32 bits per heavy atom. The number of rotatable bonds is 2. The number of nitrogens with zero attached hydrogens (tertiary/aromatic N) is 2. The van der Waals surface area contributed by atoms with E-state index in [1.54, 1.807) is 0 Å². The minimum Gasteiger partial charge on any atom is -0.362 e. The molecule has 0 aliphatic rings. The molecule has 0 fully saturated rings. The van der Waals surface area contributed by atoms with Crippen molar-refractivity contribution >= 4 is 11.7 Å². The molecule has 0 heterocycles. The molecule has 0 aliphatic heterocycles. The molecule has 3 heteroatoms. The smallest absolute Gasteiger partial charge is 0.154 e. The Labute approximate surface area is 113 Å². The molecule has 0 saturated heterocycles. The van der Waals surface area contributed by atoms with Crippen LogP contribution in [0.25, 0.3) is 0 Å². The van der Waals surface area contributed by atoms with Crippen molar-refractivity contribution in [3.05, 3.63) is 71.8 Å². The monoisotopic (exact) mass is 251 g/mol. The van der Waals surface area contributed by atoms with E-state index in [4.69, 9.17) is 5.41 Å². The van der Waals surface area contributed by atoms with Crippen LogP contribution in [0.1, 0.15) is 11.1 Å². The second-order valence-electron chi connectivity index (χ2n) is 4.41. The van der Waals surface area contributed by atoms with E-state index >= 15 is 0 Å². The van der Waals surface area contributed by atoms with Gasteiger partial charge in [-0.25, -0.2) is 4.99 Å². The van der Waals surface area contributed by atoms with Gasteiger partial charge in [0, 0.05) is 25.2 Å². The Morgan fingerprint density at radius 1 is 0.842 bits per heavy atom. The zero-order valence-corrected chi connectivity index (χ0v) is 11.2. The van der Waals surface area contributed by atoms with Crippen LogP contribution in [0.5, 0.6) is 0 Å². The highest BCUT2D eigenvalue weighted by molar-refractivity contribution is 6.10. The van der Waals surface area contributed by atoms with Gasteiger partial charge in [0.2, 0.25) is 0 Å². The summed E-state index contributed by atoms with van der Waals surface area (Å²) in [7, 11) is 3.87. The Hall–Kier alpha value is -2.42. The van der Waals surface area contributed by atoms with Crippen molar-refractivity contribution in [1.29, 1.82) is 5.41 Å². The van der Waals surface area contributed by atoms with E-state index in [0.717, 1.165) is 17.0 Å². The van der Waals surface area contributed by atoms with Crippen LogP contribution >= 0.6 is 0 Å². The first-order valence-corrected chi connectivity index (χ1v) is 6.14. The van der Waals surface area contributed by atoms with Crippen LogP contribution in [-0.4, -0.2) is 30.7 Å². The average Bonchev–Trinajstić information content (AvgIpc) is 2.46. The normalized spacial score (nSPS) is 11.2. The molecular formula is C16H17N3. The standard InChI is InChI=1S/C16H17N3/c1-19(2)16(14-11-7-4-8-12-14)18-15(17)13-9-5-3-6-10-13/h3-12,17H,1-2H3. The van der Waals surface area contributed by atoms with Gasteiger partial charge in [-0.3, -0.25) is 5.41 Å². The van der Waals surface area contributed by atoms with Crippen molar-refractivity contribution in [2.75, 3.05) is 14.1 Å². The Bertz CT molecular complexity index is 571. The SMILES string of the molecule is CN(C)C(=NC(=N)c1ccccc1)c1ccccc1. The first-order chi connectivity index (χ1) is 9.18. The Kier molecular flexibility index (Phi) is 4.08. The zero-order chi connectivity index (χ0) is 13.7. The van der Waals surface area contributed by atoms with Crippen LogP contribution in [0, 0.1) is 5.41 Å². The second kappa shape index (κ2) is 5.96. The highest BCUT2D eigenvalue weighted by Crippen LogP contribution is 2.07. The van der Waals surface area contributed by atoms with Crippen molar-refractivity contribution < 1.29 is 0 Å². The molecule has 0 saturated carbocycles. The fourth-order valence-electron chi connectivity index (χ4n) is 1.78. The summed E-state index contributed by atoms with van der Waals surface area (Å²) < 4.78 is 0. The van der Waals surface area contributed by atoms with Crippen molar-refractivity contribution in [2.45, 2.75) is 0 Å². The number of hydrogen-bond acceptors (Lipinski definition) is 1. The number of amidine groups is 2. The summed E-state index contributed by atoms with van der Waals surface area (Å²) >= 11 is 0. The summed E-state index contributed by atoms with van der Waals surface area (Å²) in [6.07, 6.45) is 0. The van der Waals surface area contributed by atoms with E-state index < -0.39 is 0 Å². The maximum Gasteiger partial charge on any atom is 0.154 e. The van der Waals surface area contributed by atoms with Gasteiger partial charge in [-0.05, 0) is 0 Å². The molecule has 1 N–H and O–H groups in total. The first-order valence-electron chi connectivity index (χ1n) is 6.14. The minimum absolute atomic E-state index is 0.271. The van der Waals surface area contributed by atoms with Crippen LogP contribution in [0.15, 0.2) is 65.7 Å². The van der Waals surface area contributed by atoms with Crippen LogP contribution in [-0.2, 0) is 0 Å². The van der Waals surface area contributed by atoms with Crippen LogP contribution in [0.3, 0.4) is 0 Å². The van der Waals surface area contributed by atoms with Gasteiger partial charge in [-0.15, -0.1) is 0 Å². The van der Waals surface area contributed by atoms with Crippen LogP contribution < -0.4 is 0 Å². The third kappa shape index (κ3) is 3.28. The van der Waals surface area contributed by atoms with Gasteiger partial charge in [0.05, 0.1) is 0 Å². The molecule has 0 bridgehead atoms. The number of benzene rings is 2. The lowest BCUT2D eigenvalue weighted by molar-refractivity contribution is 0.625. The third-order valence-corrected chi connectivity index (χ3v) is 2.72. The molecule has 0 atom stereocenters. The highest BCUT2D eigenvalue weighted by atomic mass is 15.1. The first kappa shape index (κ1) is 13.0. The predicted octanol–water partition coefficient (Wildman–Crippen LogP) is 3.02. The lowest BCUT2D eigenvalue weighted by atomic mass is 10.2. The van der Waals surface area contributed by atoms with Crippen LogP contribution in [0.4, 0.5) is 0 Å². The maximum atomic E-state index is 8.09. The van der Waals surface area contributed by atoms with E-state index in [9.17, 15) is 0 Å². The molecule has 0 spiro atoms. The molecule has 2 aromatic rings. The maximum absolute atomic E-state index is 8.09. The van der Waals surface area contributed by atoms with Gasteiger partial charge in [0.15, 0.2) is 5.84 Å². The predicted molar refractivity (Wildman–Crippen MR) is 79.9 cm³/mol. The number of aliphatic imine (C=N–C) groups is 1. The molecule has 3 nitrogen and oxygen atoms in total. The summed E-state index contributed by atoms with van der Waals surface area (Å²) in [5.41, 5.74) is 1.82. The molecule has 2 aromatic carbocycles. The van der Waals surface area contributed by atoms with Gasteiger partial charge in [-0.1, -0.05) is 60.7 Å².